The Morgan fingerprint density at radius 2 is 1.95 bits per heavy atom. The van der Waals surface area contributed by atoms with E-state index in [0.717, 1.165) is 12.8 Å². The highest BCUT2D eigenvalue weighted by molar-refractivity contribution is 5.47. The monoisotopic (exact) mass is 276 g/mol. The van der Waals surface area contributed by atoms with E-state index in [1.54, 1.807) is 11.9 Å². The number of nitrogens with zero attached hydrogens (tertiary/aromatic N) is 3. The summed E-state index contributed by atoms with van der Waals surface area (Å²) in [5, 5.41) is 0. The summed E-state index contributed by atoms with van der Waals surface area (Å²) in [5.74, 6) is -1.20. The summed E-state index contributed by atoms with van der Waals surface area (Å²) in [6.45, 7) is 1.20. The summed E-state index contributed by atoms with van der Waals surface area (Å²) in [5.41, 5.74) is 5.42. The van der Waals surface area contributed by atoms with E-state index in [4.69, 9.17) is 10.5 Å². The summed E-state index contributed by atoms with van der Waals surface area (Å²) in [7, 11) is 1.71. The first-order valence-corrected chi connectivity index (χ1v) is 5.90. The van der Waals surface area contributed by atoms with E-state index >= 15 is 0 Å². The second kappa shape index (κ2) is 5.20. The van der Waals surface area contributed by atoms with Gasteiger partial charge in [0.2, 0.25) is 5.82 Å². The van der Waals surface area contributed by atoms with Crippen molar-refractivity contribution in [1.29, 1.82) is 0 Å². The number of nitrogen functional groups attached to an aromatic ring is 1. The first-order chi connectivity index (χ1) is 8.88. The Morgan fingerprint density at radius 3 is 2.53 bits per heavy atom. The van der Waals surface area contributed by atoms with Crippen molar-refractivity contribution in [1.82, 2.24) is 9.97 Å². The summed E-state index contributed by atoms with van der Waals surface area (Å²) in [6, 6.07) is 1.45. The Balaban J connectivity index is 2.26. The highest BCUT2D eigenvalue weighted by Crippen LogP contribution is 2.29. The smallest absolute Gasteiger partial charge is 0.384 e. The van der Waals surface area contributed by atoms with Gasteiger partial charge in [0.25, 0.3) is 0 Å². The fourth-order valence-electron chi connectivity index (χ4n) is 2.02. The molecule has 1 aliphatic rings. The van der Waals surface area contributed by atoms with Gasteiger partial charge in [-0.15, -0.1) is 0 Å². The minimum Gasteiger partial charge on any atom is -0.384 e. The zero-order valence-electron chi connectivity index (χ0n) is 10.4. The van der Waals surface area contributed by atoms with Gasteiger partial charge < -0.3 is 15.4 Å². The second-order valence-corrected chi connectivity index (χ2v) is 4.43. The second-order valence-electron chi connectivity index (χ2n) is 4.43. The molecule has 1 aliphatic heterocycles. The van der Waals surface area contributed by atoms with Gasteiger partial charge in [-0.1, -0.05) is 0 Å². The van der Waals surface area contributed by atoms with Crippen LogP contribution in [0.5, 0.6) is 0 Å². The van der Waals surface area contributed by atoms with Crippen LogP contribution < -0.4 is 10.6 Å². The molecule has 0 spiro atoms. The average molecular weight is 276 g/mol. The Morgan fingerprint density at radius 1 is 1.32 bits per heavy atom. The van der Waals surface area contributed by atoms with Crippen LogP contribution >= 0.6 is 0 Å². The van der Waals surface area contributed by atoms with E-state index in [1.807, 2.05) is 0 Å². The largest absolute Gasteiger partial charge is 0.451 e. The van der Waals surface area contributed by atoms with Gasteiger partial charge in [-0.3, -0.25) is 0 Å². The zero-order valence-corrected chi connectivity index (χ0v) is 10.4. The predicted octanol–water partition coefficient (Wildman–Crippen LogP) is 1.69. The average Bonchev–Trinajstić information content (AvgIpc) is 2.37. The fourth-order valence-corrected chi connectivity index (χ4v) is 2.02. The molecule has 1 aromatic rings. The number of nitrogens with two attached hydrogens (primary N) is 1. The van der Waals surface area contributed by atoms with Crippen LogP contribution in [-0.2, 0) is 10.9 Å². The maximum absolute atomic E-state index is 12.6. The maximum atomic E-state index is 12.6. The molecule has 1 aromatic heterocycles. The van der Waals surface area contributed by atoms with Gasteiger partial charge >= 0.3 is 6.18 Å². The van der Waals surface area contributed by atoms with Crippen molar-refractivity contribution in [3.05, 3.63) is 11.9 Å². The van der Waals surface area contributed by atoms with Gasteiger partial charge in [0.1, 0.15) is 11.6 Å². The molecular formula is C11H15F3N4O. The fraction of sp³-hybridized carbons (Fsp3) is 0.636. The SMILES string of the molecule is CN(c1cc(N)nc(C(F)(F)F)n1)C1CCOCC1. The van der Waals surface area contributed by atoms with E-state index in [1.165, 1.54) is 6.07 Å². The van der Waals surface area contributed by atoms with Crippen LogP contribution in [0.2, 0.25) is 0 Å². The van der Waals surface area contributed by atoms with Crippen molar-refractivity contribution in [3.8, 4) is 0 Å². The van der Waals surface area contributed by atoms with Crippen molar-refractivity contribution in [2.24, 2.45) is 0 Å². The van der Waals surface area contributed by atoms with Crippen LogP contribution in [0, 0.1) is 0 Å². The molecule has 19 heavy (non-hydrogen) atoms. The molecular weight excluding hydrogens is 261 g/mol. The summed E-state index contributed by atoms with van der Waals surface area (Å²) in [6.07, 6.45) is -3.09. The van der Waals surface area contributed by atoms with Gasteiger partial charge in [-0.05, 0) is 12.8 Å². The Hall–Kier alpha value is -1.57. The van der Waals surface area contributed by atoms with E-state index in [-0.39, 0.29) is 17.7 Å². The lowest BCUT2D eigenvalue weighted by Crippen LogP contribution is -2.37. The molecule has 0 saturated carbocycles. The highest BCUT2D eigenvalue weighted by atomic mass is 19.4. The topological polar surface area (TPSA) is 64.3 Å². The minimum atomic E-state index is -4.60. The number of rotatable bonds is 2. The lowest BCUT2D eigenvalue weighted by atomic mass is 10.1. The summed E-state index contributed by atoms with van der Waals surface area (Å²) in [4.78, 5) is 8.48. The van der Waals surface area contributed by atoms with Crippen molar-refractivity contribution in [3.63, 3.8) is 0 Å². The van der Waals surface area contributed by atoms with Crippen molar-refractivity contribution in [2.75, 3.05) is 30.9 Å². The van der Waals surface area contributed by atoms with Gasteiger partial charge in [-0.25, -0.2) is 9.97 Å². The third kappa shape index (κ3) is 3.25. The molecule has 1 saturated heterocycles. The van der Waals surface area contributed by atoms with E-state index in [0.29, 0.717) is 13.2 Å². The van der Waals surface area contributed by atoms with Crippen LogP contribution in [0.15, 0.2) is 6.07 Å². The molecule has 0 unspecified atom stereocenters. The van der Waals surface area contributed by atoms with E-state index in [2.05, 4.69) is 9.97 Å². The third-order valence-electron chi connectivity index (χ3n) is 3.09. The molecule has 0 radical (unpaired) electrons. The Bertz CT molecular complexity index is 446. The Labute approximate surface area is 108 Å². The maximum Gasteiger partial charge on any atom is 0.451 e. The van der Waals surface area contributed by atoms with Gasteiger partial charge in [0, 0.05) is 32.4 Å². The zero-order chi connectivity index (χ0) is 14.0. The van der Waals surface area contributed by atoms with Crippen molar-refractivity contribution < 1.29 is 17.9 Å². The summed E-state index contributed by atoms with van der Waals surface area (Å²) >= 11 is 0. The molecule has 2 N–H and O–H groups in total. The normalized spacial score (nSPS) is 17.5. The molecule has 1 fully saturated rings. The quantitative estimate of drug-likeness (QED) is 0.890. The molecule has 8 heteroatoms. The molecule has 2 rings (SSSR count). The van der Waals surface area contributed by atoms with Gasteiger partial charge in [-0.2, -0.15) is 13.2 Å². The van der Waals surface area contributed by atoms with Gasteiger partial charge in [0.15, 0.2) is 0 Å². The minimum absolute atomic E-state index is 0.101. The number of ether oxygens (including phenoxy) is 1. The molecule has 0 aliphatic carbocycles. The van der Waals surface area contributed by atoms with Crippen LogP contribution in [0.3, 0.4) is 0 Å². The Kier molecular flexibility index (Phi) is 3.79. The lowest BCUT2D eigenvalue weighted by molar-refractivity contribution is -0.144. The predicted molar refractivity (Wildman–Crippen MR) is 63.7 cm³/mol. The third-order valence-corrected chi connectivity index (χ3v) is 3.09. The highest BCUT2D eigenvalue weighted by Gasteiger charge is 2.36. The molecule has 0 amide bonds. The number of hydrogen-bond acceptors (Lipinski definition) is 5. The molecule has 2 heterocycles. The standard InChI is InChI=1S/C11H15F3N4O/c1-18(7-2-4-19-5-3-7)9-6-8(15)16-10(17-9)11(12,13)14/h6-7H,2-5H2,1H3,(H2,15,16,17). The molecule has 106 valence electrons. The number of halogens is 3. The molecule has 0 bridgehead atoms. The molecule has 5 nitrogen and oxygen atoms in total. The van der Waals surface area contributed by atoms with Crippen LogP contribution in [0.4, 0.5) is 24.8 Å². The first-order valence-electron chi connectivity index (χ1n) is 5.90. The van der Waals surface area contributed by atoms with E-state index < -0.39 is 12.0 Å². The van der Waals surface area contributed by atoms with E-state index in [9.17, 15) is 13.2 Å². The number of aromatic nitrogens is 2. The van der Waals surface area contributed by atoms with Crippen LogP contribution in [0.1, 0.15) is 18.7 Å². The van der Waals surface area contributed by atoms with Gasteiger partial charge in [0.05, 0.1) is 0 Å². The number of alkyl halides is 3. The van der Waals surface area contributed by atoms with Crippen molar-refractivity contribution >= 4 is 11.6 Å². The molecule has 0 aromatic carbocycles. The number of anilines is 2. The summed E-state index contributed by atoms with van der Waals surface area (Å²) < 4.78 is 43.1. The molecule has 0 atom stereocenters. The first kappa shape index (κ1) is 13.9. The van der Waals surface area contributed by atoms with Crippen LogP contribution in [0.25, 0.3) is 0 Å². The van der Waals surface area contributed by atoms with Crippen LogP contribution in [-0.4, -0.2) is 36.3 Å². The number of hydrogen-bond donors (Lipinski definition) is 1. The lowest BCUT2D eigenvalue weighted by Gasteiger charge is -2.32. The van der Waals surface area contributed by atoms with Crippen molar-refractivity contribution in [2.45, 2.75) is 25.1 Å².